The first-order valence-electron chi connectivity index (χ1n) is 15.8. The van der Waals surface area contributed by atoms with E-state index in [0.29, 0.717) is 18.5 Å². The molecule has 45 heavy (non-hydrogen) atoms. The van der Waals surface area contributed by atoms with Gasteiger partial charge in [-0.2, -0.15) is 0 Å². The van der Waals surface area contributed by atoms with Crippen molar-refractivity contribution in [2.24, 2.45) is 34.5 Å². The summed E-state index contributed by atoms with van der Waals surface area (Å²) in [4.78, 5) is 29.1. The lowest BCUT2D eigenvalue weighted by Gasteiger charge is -2.70. The molecule has 248 valence electrons. The molecule has 12 heteroatoms. The van der Waals surface area contributed by atoms with Gasteiger partial charge in [-0.15, -0.1) is 0 Å². The summed E-state index contributed by atoms with van der Waals surface area (Å²) in [7, 11) is 8.20. The first kappa shape index (κ1) is 31.4. The van der Waals surface area contributed by atoms with E-state index in [-0.39, 0.29) is 25.0 Å². The summed E-state index contributed by atoms with van der Waals surface area (Å²) in [6, 6.07) is 8.15. The number of aliphatic hydroxyl groups is 3. The summed E-state index contributed by atoms with van der Waals surface area (Å²) in [5.74, 6) is -3.66. The summed E-state index contributed by atoms with van der Waals surface area (Å²) >= 11 is 0. The van der Waals surface area contributed by atoms with Crippen molar-refractivity contribution in [2.45, 2.75) is 73.6 Å². The Hall–Kier alpha value is -2.16. The van der Waals surface area contributed by atoms with Gasteiger partial charge in [-0.1, -0.05) is 18.2 Å². The molecule has 7 bridgehead atoms. The van der Waals surface area contributed by atoms with Gasteiger partial charge >= 0.3 is 11.9 Å². The standard InChI is InChI=1S/C33H45NO11/c1-16(35)45-33-21-18(13-31(39,28(43-6)26(33)37)27(21)44-29(38)17-10-8-7-9-11-17)32-20(41-4)12-19(36)30(15-40-3)14-34(2)25(32)22(33)23(42-5)24(30)32/h7-11,18-28,36-37,39H,12-15H2,1-6H3/t18-,19-,20+,21-,22?,23+,24?,25?,26+,27-,28+,30+,31-,32?,33-/m1/s1. The fourth-order valence-corrected chi connectivity index (χ4v) is 12.2. The Morgan fingerprint density at radius 3 is 2.31 bits per heavy atom. The molecule has 4 unspecified atom stereocenters. The summed E-state index contributed by atoms with van der Waals surface area (Å²) < 4.78 is 37.2. The molecule has 7 rings (SSSR count). The minimum Gasteiger partial charge on any atom is -0.455 e. The van der Waals surface area contributed by atoms with E-state index >= 15 is 0 Å². The van der Waals surface area contributed by atoms with Crippen LogP contribution in [0.4, 0.5) is 0 Å². The third kappa shape index (κ3) is 3.55. The summed E-state index contributed by atoms with van der Waals surface area (Å²) in [5, 5.41) is 37.0. The lowest BCUT2D eigenvalue weighted by Crippen LogP contribution is -2.81. The number of carbonyl (C=O) groups is 2. The smallest absolute Gasteiger partial charge is 0.338 e. The van der Waals surface area contributed by atoms with Crippen molar-refractivity contribution >= 4 is 11.9 Å². The quantitative estimate of drug-likeness (QED) is 0.337. The number of methoxy groups -OCH3 is 4. The van der Waals surface area contributed by atoms with Crippen LogP contribution < -0.4 is 0 Å². The van der Waals surface area contributed by atoms with Crippen molar-refractivity contribution in [1.29, 1.82) is 0 Å². The SMILES string of the molecule is COC[C@]12CN(C)C3C4[C@H](OC)C1C3([C@@H](OC)C[C@H]2O)[C@@H]1C[C@@]2(O)[C@H](OC(=O)c3ccccc3)[C@@H]1[C@]4(OC(C)=O)[C@@H](O)[C@@H]2OC. The van der Waals surface area contributed by atoms with Crippen molar-refractivity contribution in [2.75, 3.05) is 48.6 Å². The van der Waals surface area contributed by atoms with Crippen molar-refractivity contribution in [1.82, 2.24) is 4.90 Å². The Morgan fingerprint density at radius 1 is 1.00 bits per heavy atom. The molecular weight excluding hydrogens is 586 g/mol. The summed E-state index contributed by atoms with van der Waals surface area (Å²) in [6.45, 7) is 2.00. The zero-order chi connectivity index (χ0) is 32.3. The van der Waals surface area contributed by atoms with Crippen molar-refractivity contribution in [3.8, 4) is 0 Å². The molecule has 1 spiro atoms. The number of fused-ring (bicyclic) bond motifs is 2. The number of esters is 2. The number of piperidine rings is 1. The predicted molar refractivity (Wildman–Crippen MR) is 156 cm³/mol. The van der Waals surface area contributed by atoms with E-state index in [9.17, 15) is 24.9 Å². The Morgan fingerprint density at radius 2 is 1.71 bits per heavy atom. The van der Waals surface area contributed by atoms with E-state index in [0.717, 1.165) is 0 Å². The number of likely N-dealkylation sites (tertiary alicyclic amines) is 1. The fourth-order valence-electron chi connectivity index (χ4n) is 12.2. The van der Waals surface area contributed by atoms with E-state index in [2.05, 4.69) is 4.90 Å². The van der Waals surface area contributed by atoms with E-state index in [1.807, 2.05) is 7.05 Å². The molecule has 1 aliphatic heterocycles. The normalized spacial score (nSPS) is 50.7. The van der Waals surface area contributed by atoms with Crippen LogP contribution in [0.15, 0.2) is 30.3 Å². The topological polar surface area (TPSA) is 153 Å². The second-order valence-corrected chi connectivity index (χ2v) is 14.3. The van der Waals surface area contributed by atoms with E-state index in [4.69, 9.17) is 28.4 Å². The van der Waals surface area contributed by atoms with E-state index in [1.54, 1.807) is 51.7 Å². The van der Waals surface area contributed by atoms with Crippen molar-refractivity contribution in [3.05, 3.63) is 35.9 Å². The maximum atomic E-state index is 13.7. The minimum absolute atomic E-state index is 0.0754. The number of nitrogens with zero attached hydrogens (tertiary/aromatic N) is 1. The van der Waals surface area contributed by atoms with Gasteiger partial charge in [0.25, 0.3) is 0 Å². The van der Waals surface area contributed by atoms with Gasteiger partial charge in [-0.25, -0.2) is 4.79 Å². The largest absolute Gasteiger partial charge is 0.455 e. The Kier molecular flexibility index (Phi) is 7.28. The van der Waals surface area contributed by atoms with Crippen molar-refractivity contribution in [3.63, 3.8) is 0 Å². The molecule has 15 atom stereocenters. The van der Waals surface area contributed by atoms with Crippen LogP contribution in [0.1, 0.15) is 30.1 Å². The molecular formula is C33H45NO11. The highest BCUT2D eigenvalue weighted by atomic mass is 16.6. The Balaban J connectivity index is 1.52. The molecule has 5 saturated carbocycles. The summed E-state index contributed by atoms with van der Waals surface area (Å²) in [5.41, 5.74) is -4.79. The van der Waals surface area contributed by atoms with Crippen LogP contribution in [0.3, 0.4) is 0 Å². The number of hydrogen-bond donors (Lipinski definition) is 3. The third-order valence-electron chi connectivity index (χ3n) is 12.9. The van der Waals surface area contributed by atoms with Gasteiger partial charge in [0.1, 0.15) is 23.9 Å². The lowest BCUT2D eigenvalue weighted by molar-refractivity contribution is -0.321. The first-order chi connectivity index (χ1) is 21.4. The second kappa shape index (κ2) is 10.4. The van der Waals surface area contributed by atoms with Gasteiger partial charge < -0.3 is 48.6 Å². The monoisotopic (exact) mass is 631 g/mol. The third-order valence-corrected chi connectivity index (χ3v) is 12.9. The molecule has 0 radical (unpaired) electrons. The molecule has 1 saturated heterocycles. The average molecular weight is 632 g/mol. The highest BCUT2D eigenvalue weighted by molar-refractivity contribution is 5.89. The maximum absolute atomic E-state index is 13.7. The van der Waals surface area contributed by atoms with Crippen LogP contribution in [0, 0.1) is 34.5 Å². The Bertz CT molecular complexity index is 1350. The number of aliphatic hydroxyl groups excluding tert-OH is 2. The number of hydrogen-bond acceptors (Lipinski definition) is 12. The van der Waals surface area contributed by atoms with E-state index in [1.165, 1.54) is 14.0 Å². The first-order valence-corrected chi connectivity index (χ1v) is 15.8. The van der Waals surface area contributed by atoms with Gasteiger partial charge in [0.15, 0.2) is 5.60 Å². The molecule has 1 aromatic carbocycles. The lowest BCUT2D eigenvalue weighted by atomic mass is 9.42. The average Bonchev–Trinajstić information content (AvgIpc) is 3.40. The van der Waals surface area contributed by atoms with E-state index < -0.39 is 88.3 Å². The predicted octanol–water partition coefficient (Wildman–Crippen LogP) is 0.258. The highest BCUT2D eigenvalue weighted by Gasteiger charge is 2.92. The Labute approximate surface area is 262 Å². The molecule has 5 aliphatic carbocycles. The van der Waals surface area contributed by atoms with Gasteiger partial charge in [0.05, 0.1) is 30.5 Å². The molecule has 0 aromatic heterocycles. The molecule has 1 aromatic rings. The molecule has 6 fully saturated rings. The van der Waals surface area contributed by atoms with Crippen molar-refractivity contribution < 1.29 is 53.3 Å². The van der Waals surface area contributed by atoms with Gasteiger partial charge in [-0.3, -0.25) is 4.79 Å². The molecule has 3 N–H and O–H groups in total. The van der Waals surface area contributed by atoms with Crippen LogP contribution in [0.2, 0.25) is 0 Å². The highest BCUT2D eigenvalue weighted by Crippen LogP contribution is 2.80. The molecule has 12 nitrogen and oxygen atoms in total. The van der Waals surface area contributed by atoms with Gasteiger partial charge in [0, 0.05) is 83.0 Å². The molecule has 6 aliphatic rings. The number of benzene rings is 1. The second-order valence-electron chi connectivity index (χ2n) is 14.3. The van der Waals surface area contributed by atoms with Gasteiger partial charge in [0.2, 0.25) is 0 Å². The van der Waals surface area contributed by atoms with Crippen LogP contribution in [0.25, 0.3) is 0 Å². The molecule has 1 heterocycles. The zero-order valence-corrected chi connectivity index (χ0v) is 26.6. The number of ether oxygens (including phenoxy) is 6. The zero-order valence-electron chi connectivity index (χ0n) is 26.6. The van der Waals surface area contributed by atoms with Gasteiger partial charge in [-0.05, 0) is 31.5 Å². The van der Waals surface area contributed by atoms with Crippen LogP contribution in [0.5, 0.6) is 0 Å². The number of rotatable bonds is 8. The number of carbonyl (C=O) groups excluding carboxylic acids is 2. The van der Waals surface area contributed by atoms with Crippen LogP contribution in [-0.4, -0.2) is 135 Å². The van der Waals surface area contributed by atoms with Crippen LogP contribution in [-0.2, 0) is 33.2 Å². The summed E-state index contributed by atoms with van der Waals surface area (Å²) in [6.07, 6.45) is -5.50. The maximum Gasteiger partial charge on any atom is 0.338 e. The molecule has 0 amide bonds. The fraction of sp³-hybridized carbons (Fsp3) is 0.758. The minimum atomic E-state index is -1.83. The van der Waals surface area contributed by atoms with Crippen LogP contribution >= 0.6 is 0 Å².